The molecule has 4 amide bonds. The Bertz CT molecular complexity index is 733. The second-order valence-electron chi connectivity index (χ2n) is 6.84. The summed E-state index contributed by atoms with van der Waals surface area (Å²) in [5.41, 5.74) is 2.26. The fraction of sp³-hybridized carbons (Fsp3) is 0.556. The summed E-state index contributed by atoms with van der Waals surface area (Å²) in [4.78, 5) is 50.7. The average Bonchev–Trinajstić information content (AvgIpc) is 2.92. The van der Waals surface area contributed by atoms with Crippen molar-refractivity contribution in [2.75, 3.05) is 13.1 Å². The number of ketones is 1. The minimum atomic E-state index is -0.929. The van der Waals surface area contributed by atoms with Crippen molar-refractivity contribution in [1.29, 1.82) is 0 Å². The number of carbonyl (C=O) groups excluding carboxylic acids is 4. The molecule has 0 aliphatic carbocycles. The number of Topliss-reactive ketones (excluding diaryl/α,β-unsaturated/α-hetero) is 1. The molecule has 2 heterocycles. The van der Waals surface area contributed by atoms with E-state index in [1.165, 1.54) is 0 Å². The van der Waals surface area contributed by atoms with E-state index < -0.39 is 24.4 Å². The summed E-state index contributed by atoms with van der Waals surface area (Å²) in [6.45, 7) is 10.1. The van der Waals surface area contributed by atoms with Crippen LogP contribution in [0.3, 0.4) is 0 Å². The standard InChI is InChI=1S/C18H25N3O4/c1-6-7-19-12(4)8-14(13(19)5)15(22)10-21-17(24)16(23)20(18(21)25)9-11(2)3/h8,11H,6-7,9-10H2,1-5H3. The van der Waals surface area contributed by atoms with E-state index in [-0.39, 0.29) is 18.2 Å². The summed E-state index contributed by atoms with van der Waals surface area (Å²) in [7, 11) is 0. The Labute approximate surface area is 147 Å². The highest BCUT2D eigenvalue weighted by atomic mass is 16.2. The quantitative estimate of drug-likeness (QED) is 0.430. The van der Waals surface area contributed by atoms with Crippen LogP contribution < -0.4 is 0 Å². The van der Waals surface area contributed by atoms with Gasteiger partial charge in [-0.05, 0) is 32.3 Å². The second kappa shape index (κ2) is 7.21. The molecule has 1 aromatic heterocycles. The Hall–Kier alpha value is -2.44. The van der Waals surface area contributed by atoms with Crippen molar-refractivity contribution in [3.05, 3.63) is 23.0 Å². The zero-order valence-corrected chi connectivity index (χ0v) is 15.5. The lowest BCUT2D eigenvalue weighted by Crippen LogP contribution is -2.38. The summed E-state index contributed by atoms with van der Waals surface area (Å²) in [5.74, 6) is -2.08. The zero-order chi connectivity index (χ0) is 18.9. The van der Waals surface area contributed by atoms with Crippen LogP contribution in [0.4, 0.5) is 4.79 Å². The van der Waals surface area contributed by atoms with Gasteiger partial charge in [-0.2, -0.15) is 0 Å². The molecule has 0 bridgehead atoms. The molecule has 2 rings (SSSR count). The fourth-order valence-corrected chi connectivity index (χ4v) is 3.10. The molecule has 7 heteroatoms. The van der Waals surface area contributed by atoms with Crippen LogP contribution in [0, 0.1) is 19.8 Å². The van der Waals surface area contributed by atoms with Crippen LogP contribution in [0.5, 0.6) is 0 Å². The van der Waals surface area contributed by atoms with Gasteiger partial charge < -0.3 is 4.57 Å². The third-order valence-corrected chi connectivity index (χ3v) is 4.31. The average molecular weight is 347 g/mol. The zero-order valence-electron chi connectivity index (χ0n) is 15.5. The SMILES string of the molecule is CCCn1c(C)cc(C(=O)CN2C(=O)C(=O)N(CC(C)C)C2=O)c1C. The van der Waals surface area contributed by atoms with Gasteiger partial charge in [-0.25, -0.2) is 9.69 Å². The van der Waals surface area contributed by atoms with Gasteiger partial charge in [0, 0.05) is 30.0 Å². The topological polar surface area (TPSA) is 79.7 Å². The van der Waals surface area contributed by atoms with Gasteiger partial charge in [-0.1, -0.05) is 20.8 Å². The van der Waals surface area contributed by atoms with E-state index in [1.807, 2.05) is 32.3 Å². The Morgan fingerprint density at radius 1 is 1.08 bits per heavy atom. The molecule has 1 aliphatic heterocycles. The molecule has 1 saturated heterocycles. The highest BCUT2D eigenvalue weighted by Crippen LogP contribution is 2.19. The molecule has 0 unspecified atom stereocenters. The van der Waals surface area contributed by atoms with E-state index in [0.29, 0.717) is 5.56 Å². The predicted octanol–water partition coefficient (Wildman–Crippen LogP) is 2.14. The third-order valence-electron chi connectivity index (χ3n) is 4.31. The first-order chi connectivity index (χ1) is 11.7. The fourth-order valence-electron chi connectivity index (χ4n) is 3.10. The number of urea groups is 1. The molecular weight excluding hydrogens is 322 g/mol. The van der Waals surface area contributed by atoms with Crippen LogP contribution in [-0.2, 0) is 16.1 Å². The van der Waals surface area contributed by atoms with Gasteiger partial charge in [0.05, 0.1) is 6.54 Å². The van der Waals surface area contributed by atoms with Crippen molar-refractivity contribution in [3.8, 4) is 0 Å². The number of aryl methyl sites for hydroxylation is 1. The maximum atomic E-state index is 12.6. The van der Waals surface area contributed by atoms with Crippen molar-refractivity contribution >= 4 is 23.6 Å². The molecule has 0 atom stereocenters. The molecule has 25 heavy (non-hydrogen) atoms. The summed E-state index contributed by atoms with van der Waals surface area (Å²) < 4.78 is 2.04. The molecular formula is C18H25N3O4. The van der Waals surface area contributed by atoms with Gasteiger partial charge in [-0.3, -0.25) is 19.3 Å². The number of nitrogens with zero attached hydrogens (tertiary/aromatic N) is 3. The number of rotatable bonds is 7. The molecule has 0 N–H and O–H groups in total. The van der Waals surface area contributed by atoms with Crippen molar-refractivity contribution in [3.63, 3.8) is 0 Å². The predicted molar refractivity (Wildman–Crippen MR) is 92.2 cm³/mol. The highest BCUT2D eigenvalue weighted by Gasteiger charge is 2.45. The lowest BCUT2D eigenvalue weighted by molar-refractivity contribution is -0.143. The first-order valence-corrected chi connectivity index (χ1v) is 8.56. The van der Waals surface area contributed by atoms with Gasteiger partial charge >= 0.3 is 17.8 Å². The first-order valence-electron chi connectivity index (χ1n) is 8.56. The van der Waals surface area contributed by atoms with Gasteiger partial charge in [-0.15, -0.1) is 0 Å². The van der Waals surface area contributed by atoms with Crippen molar-refractivity contribution in [2.24, 2.45) is 5.92 Å². The Morgan fingerprint density at radius 3 is 2.24 bits per heavy atom. The van der Waals surface area contributed by atoms with Gasteiger partial charge in [0.15, 0.2) is 5.78 Å². The van der Waals surface area contributed by atoms with E-state index in [0.717, 1.165) is 34.2 Å². The van der Waals surface area contributed by atoms with Crippen molar-refractivity contribution in [2.45, 2.75) is 47.6 Å². The minimum absolute atomic E-state index is 0.0457. The monoisotopic (exact) mass is 347 g/mol. The van der Waals surface area contributed by atoms with Crippen LogP contribution >= 0.6 is 0 Å². The Balaban J connectivity index is 2.21. The maximum Gasteiger partial charge on any atom is 0.334 e. The first kappa shape index (κ1) is 18.9. The van der Waals surface area contributed by atoms with Crippen LogP contribution in [0.2, 0.25) is 0 Å². The number of hydrogen-bond acceptors (Lipinski definition) is 4. The molecule has 0 aromatic carbocycles. The van der Waals surface area contributed by atoms with E-state index in [9.17, 15) is 19.2 Å². The lowest BCUT2D eigenvalue weighted by Gasteiger charge is -2.16. The van der Waals surface area contributed by atoms with E-state index in [4.69, 9.17) is 0 Å². The number of aromatic nitrogens is 1. The summed E-state index contributed by atoms with van der Waals surface area (Å²) >= 11 is 0. The lowest BCUT2D eigenvalue weighted by atomic mass is 10.1. The Morgan fingerprint density at radius 2 is 1.68 bits per heavy atom. The van der Waals surface area contributed by atoms with Crippen LogP contribution in [0.25, 0.3) is 0 Å². The molecule has 1 aliphatic rings. The molecule has 1 fully saturated rings. The number of carbonyl (C=O) groups is 4. The van der Waals surface area contributed by atoms with Crippen LogP contribution in [-0.4, -0.2) is 51.1 Å². The number of amides is 4. The highest BCUT2D eigenvalue weighted by molar-refractivity contribution is 6.45. The Kier molecular flexibility index (Phi) is 5.45. The van der Waals surface area contributed by atoms with Gasteiger partial charge in [0.25, 0.3) is 0 Å². The molecule has 0 saturated carbocycles. The normalized spacial score (nSPS) is 15.0. The smallest absolute Gasteiger partial charge is 0.334 e. The molecule has 7 nitrogen and oxygen atoms in total. The van der Waals surface area contributed by atoms with Crippen LogP contribution in [0.15, 0.2) is 6.07 Å². The largest absolute Gasteiger partial charge is 0.348 e. The molecule has 1 aromatic rings. The summed E-state index contributed by atoms with van der Waals surface area (Å²) in [6, 6.07) is 1.06. The van der Waals surface area contributed by atoms with Crippen molar-refractivity contribution in [1.82, 2.24) is 14.4 Å². The second-order valence-corrected chi connectivity index (χ2v) is 6.84. The van der Waals surface area contributed by atoms with Gasteiger partial charge in [0.2, 0.25) is 0 Å². The van der Waals surface area contributed by atoms with Gasteiger partial charge in [0.1, 0.15) is 0 Å². The number of imide groups is 2. The molecule has 0 radical (unpaired) electrons. The summed E-state index contributed by atoms with van der Waals surface area (Å²) in [5, 5.41) is 0. The summed E-state index contributed by atoms with van der Waals surface area (Å²) in [6.07, 6.45) is 0.936. The molecule has 0 spiro atoms. The van der Waals surface area contributed by atoms with E-state index >= 15 is 0 Å². The minimum Gasteiger partial charge on any atom is -0.348 e. The third kappa shape index (κ3) is 3.50. The number of hydrogen-bond donors (Lipinski definition) is 0. The maximum absolute atomic E-state index is 12.6. The van der Waals surface area contributed by atoms with E-state index in [2.05, 4.69) is 6.92 Å². The van der Waals surface area contributed by atoms with Crippen LogP contribution in [0.1, 0.15) is 48.9 Å². The molecule has 136 valence electrons. The van der Waals surface area contributed by atoms with Crippen molar-refractivity contribution < 1.29 is 19.2 Å². The van der Waals surface area contributed by atoms with E-state index in [1.54, 1.807) is 6.07 Å².